The number of benzene rings is 2. The number of piperidine rings is 1. The minimum atomic E-state index is -4.45. The molecule has 6 rings (SSSR count). The van der Waals surface area contributed by atoms with Crippen molar-refractivity contribution in [2.24, 2.45) is 0 Å². The summed E-state index contributed by atoms with van der Waals surface area (Å²) in [6.45, 7) is 2.20. The Balaban J connectivity index is 1.38. The third-order valence-electron chi connectivity index (χ3n) is 9.53. The number of carbonyl (C=O) groups is 2. The lowest BCUT2D eigenvalue weighted by molar-refractivity contribution is -0.220. The van der Waals surface area contributed by atoms with E-state index in [1.54, 1.807) is 19.1 Å². The SMILES string of the molecule is COc1ccc2c3c1O[C@H]1[C@@H](N(C)C(=O)C#Cc4ccc(C(F)(F)F)cc4)CC[C@@]4(OC(C)=O)[C@@H](C2)N(C)CC[C@]314. The minimum absolute atomic E-state index is 0.0560. The van der Waals surface area contributed by atoms with E-state index in [1.807, 2.05) is 6.07 Å². The van der Waals surface area contributed by atoms with Crippen molar-refractivity contribution in [3.63, 3.8) is 0 Å². The molecule has 5 atom stereocenters. The van der Waals surface area contributed by atoms with Gasteiger partial charge in [-0.3, -0.25) is 14.5 Å². The van der Waals surface area contributed by atoms with Gasteiger partial charge in [0.15, 0.2) is 11.5 Å². The highest BCUT2D eigenvalue weighted by atomic mass is 19.4. The van der Waals surface area contributed by atoms with E-state index in [4.69, 9.17) is 14.2 Å². The third kappa shape index (κ3) is 3.92. The fourth-order valence-electron chi connectivity index (χ4n) is 7.81. The second-order valence-corrected chi connectivity index (χ2v) is 11.4. The predicted octanol–water partition coefficient (Wildman–Crippen LogP) is 3.95. The van der Waals surface area contributed by atoms with Gasteiger partial charge in [-0.25, -0.2) is 0 Å². The molecule has 216 valence electrons. The van der Waals surface area contributed by atoms with Crippen molar-refractivity contribution in [2.75, 3.05) is 27.7 Å². The topological polar surface area (TPSA) is 68.3 Å². The van der Waals surface area contributed by atoms with Crippen LogP contribution in [0.5, 0.6) is 11.5 Å². The Kier molecular flexibility index (Phi) is 6.30. The van der Waals surface area contributed by atoms with Crippen molar-refractivity contribution in [3.8, 4) is 23.3 Å². The zero-order chi connectivity index (χ0) is 29.3. The van der Waals surface area contributed by atoms with Crippen LogP contribution in [0, 0.1) is 11.8 Å². The van der Waals surface area contributed by atoms with Crippen LogP contribution < -0.4 is 9.47 Å². The number of hydrogen-bond acceptors (Lipinski definition) is 6. The average Bonchev–Trinajstić information content (AvgIpc) is 3.28. The van der Waals surface area contributed by atoms with Gasteiger partial charge in [-0.1, -0.05) is 12.0 Å². The molecule has 2 bridgehead atoms. The van der Waals surface area contributed by atoms with Gasteiger partial charge in [-0.2, -0.15) is 13.2 Å². The predicted molar refractivity (Wildman–Crippen MR) is 142 cm³/mol. The highest BCUT2D eigenvalue weighted by molar-refractivity contribution is 5.94. The van der Waals surface area contributed by atoms with Gasteiger partial charge in [0.05, 0.1) is 30.2 Å². The number of carbonyl (C=O) groups excluding carboxylic acids is 2. The van der Waals surface area contributed by atoms with Gasteiger partial charge in [0.25, 0.3) is 5.91 Å². The molecule has 4 aliphatic rings. The van der Waals surface area contributed by atoms with Gasteiger partial charge in [0.2, 0.25) is 0 Å². The van der Waals surface area contributed by atoms with Crippen LogP contribution >= 0.6 is 0 Å². The Morgan fingerprint density at radius 3 is 2.54 bits per heavy atom. The molecule has 2 aliphatic carbocycles. The highest BCUT2D eigenvalue weighted by Gasteiger charge is 2.75. The molecule has 1 saturated carbocycles. The fourth-order valence-corrected chi connectivity index (χ4v) is 7.81. The van der Waals surface area contributed by atoms with Gasteiger partial charge in [0.1, 0.15) is 11.7 Å². The summed E-state index contributed by atoms with van der Waals surface area (Å²) in [5.74, 6) is 5.71. The molecule has 0 radical (unpaired) electrons. The first-order valence-electron chi connectivity index (χ1n) is 13.7. The lowest BCUT2D eigenvalue weighted by atomic mass is 9.48. The van der Waals surface area contributed by atoms with Crippen molar-refractivity contribution < 1.29 is 37.0 Å². The van der Waals surface area contributed by atoms with E-state index in [9.17, 15) is 22.8 Å². The molecule has 1 amide bonds. The zero-order valence-electron chi connectivity index (χ0n) is 23.3. The summed E-state index contributed by atoms with van der Waals surface area (Å²) in [5.41, 5.74) is 0.133. The number of amides is 1. The summed E-state index contributed by atoms with van der Waals surface area (Å²) in [6.07, 6.45) is -2.55. The molecule has 2 fully saturated rings. The Labute approximate surface area is 236 Å². The number of likely N-dealkylation sites (N-methyl/N-ethyl adjacent to an activating group) is 2. The number of halogens is 3. The molecule has 2 aromatic rings. The molecule has 10 heteroatoms. The van der Waals surface area contributed by atoms with Gasteiger partial charge < -0.3 is 19.1 Å². The second kappa shape index (κ2) is 9.41. The molecule has 1 spiro atoms. The lowest BCUT2D eigenvalue weighted by Gasteiger charge is -2.65. The third-order valence-corrected chi connectivity index (χ3v) is 9.53. The van der Waals surface area contributed by atoms with Crippen LogP contribution in [0.2, 0.25) is 0 Å². The van der Waals surface area contributed by atoms with Crippen LogP contribution in [0.25, 0.3) is 0 Å². The Morgan fingerprint density at radius 2 is 1.88 bits per heavy atom. The highest BCUT2D eigenvalue weighted by Crippen LogP contribution is 2.67. The summed E-state index contributed by atoms with van der Waals surface area (Å²) in [4.78, 5) is 29.8. The average molecular weight is 569 g/mol. The van der Waals surface area contributed by atoms with Gasteiger partial charge in [0, 0.05) is 31.0 Å². The zero-order valence-corrected chi connectivity index (χ0v) is 23.3. The lowest BCUT2D eigenvalue weighted by Crippen LogP contribution is -2.78. The van der Waals surface area contributed by atoms with Crippen molar-refractivity contribution in [3.05, 3.63) is 58.7 Å². The monoisotopic (exact) mass is 568 g/mol. The van der Waals surface area contributed by atoms with Gasteiger partial charge >= 0.3 is 12.1 Å². The molecule has 7 nitrogen and oxygen atoms in total. The molecule has 2 heterocycles. The standard InChI is InChI=1S/C31H31F3N2O5/c1-18(37)41-30-14-13-22(36(3)25(38)12-7-19-5-9-21(10-6-19)31(32,33)34)28-29(30)15-16-35(2)24(30)17-20-8-11-23(39-4)27(40-28)26(20)29/h5-6,8-11,22,24,28H,13-17H2,1-4H3/t22-,24+,28-,29-,30+/m0/s1. The summed E-state index contributed by atoms with van der Waals surface area (Å²) < 4.78 is 57.5. The summed E-state index contributed by atoms with van der Waals surface area (Å²) >= 11 is 0. The van der Waals surface area contributed by atoms with Crippen molar-refractivity contribution in [1.29, 1.82) is 0 Å². The van der Waals surface area contributed by atoms with E-state index >= 15 is 0 Å². The first-order valence-corrected chi connectivity index (χ1v) is 13.7. The summed E-state index contributed by atoms with van der Waals surface area (Å²) in [5, 5.41) is 0. The minimum Gasteiger partial charge on any atom is -0.493 e. The molecular formula is C31H31F3N2O5. The van der Waals surface area contributed by atoms with E-state index < -0.39 is 34.8 Å². The quantitative estimate of drug-likeness (QED) is 0.413. The van der Waals surface area contributed by atoms with E-state index in [0.717, 1.165) is 29.8 Å². The number of rotatable bonds is 3. The van der Waals surface area contributed by atoms with Crippen molar-refractivity contribution >= 4 is 11.9 Å². The van der Waals surface area contributed by atoms with Crippen molar-refractivity contribution in [1.82, 2.24) is 9.80 Å². The van der Waals surface area contributed by atoms with Crippen LogP contribution in [-0.2, 0) is 32.3 Å². The van der Waals surface area contributed by atoms with E-state index in [2.05, 4.69) is 29.9 Å². The summed E-state index contributed by atoms with van der Waals surface area (Å²) in [7, 11) is 5.32. The second-order valence-electron chi connectivity index (χ2n) is 11.4. The molecule has 1 saturated heterocycles. The van der Waals surface area contributed by atoms with Crippen LogP contribution in [0.1, 0.15) is 48.4 Å². The van der Waals surface area contributed by atoms with Crippen LogP contribution in [0.15, 0.2) is 36.4 Å². The first kappa shape index (κ1) is 27.5. The number of ether oxygens (including phenoxy) is 3. The number of esters is 1. The van der Waals surface area contributed by atoms with E-state index in [-0.39, 0.29) is 18.1 Å². The largest absolute Gasteiger partial charge is 0.493 e. The maximum Gasteiger partial charge on any atom is 0.416 e. The molecule has 0 N–H and O–H groups in total. The molecule has 41 heavy (non-hydrogen) atoms. The number of hydrogen-bond donors (Lipinski definition) is 0. The van der Waals surface area contributed by atoms with Crippen LogP contribution in [0.4, 0.5) is 13.2 Å². The maximum atomic E-state index is 13.4. The van der Waals surface area contributed by atoms with Gasteiger partial charge in [-0.05, 0) is 75.2 Å². The maximum absolute atomic E-state index is 13.4. The number of alkyl halides is 3. The normalized spacial score (nSPS) is 29.4. The smallest absolute Gasteiger partial charge is 0.416 e. The van der Waals surface area contributed by atoms with Crippen LogP contribution in [-0.4, -0.2) is 73.2 Å². The molecule has 0 unspecified atom stereocenters. The Hall–Kier alpha value is -3.71. The van der Waals surface area contributed by atoms with Crippen LogP contribution in [0.3, 0.4) is 0 Å². The molecular weight excluding hydrogens is 537 g/mol. The Morgan fingerprint density at radius 1 is 1.15 bits per heavy atom. The molecule has 2 aromatic carbocycles. The fraction of sp³-hybridized carbons (Fsp3) is 0.484. The van der Waals surface area contributed by atoms with Crippen molar-refractivity contribution in [2.45, 2.75) is 68.0 Å². The number of likely N-dealkylation sites (tertiary alicyclic amines) is 1. The summed E-state index contributed by atoms with van der Waals surface area (Å²) in [6, 6.07) is 7.91. The first-order chi connectivity index (χ1) is 19.4. The molecule has 2 aliphatic heterocycles. The van der Waals surface area contributed by atoms with E-state index in [0.29, 0.717) is 42.7 Å². The number of methoxy groups -OCH3 is 1. The van der Waals surface area contributed by atoms with E-state index in [1.165, 1.54) is 19.1 Å². The Bertz CT molecular complexity index is 1480. The number of nitrogens with zero attached hydrogens (tertiary/aromatic N) is 2. The molecule has 0 aromatic heterocycles. The van der Waals surface area contributed by atoms with Gasteiger partial charge in [-0.15, -0.1) is 0 Å².